The fraction of sp³-hybridized carbons (Fsp3) is 0.214. The summed E-state index contributed by atoms with van der Waals surface area (Å²) in [6, 6.07) is 10.3. The third kappa shape index (κ3) is 1.56. The molecule has 1 N–H and O–H groups in total. The SMILES string of the molecule is CC1C=Cc2nc(-c3ccccc3)[nH]c2C1. The number of nitrogens with one attached hydrogen (secondary N) is 1. The first kappa shape index (κ1) is 9.40. The Labute approximate surface area is 95.0 Å². The lowest BCUT2D eigenvalue weighted by Crippen LogP contribution is -2.02. The molecule has 16 heavy (non-hydrogen) atoms. The molecule has 1 aromatic carbocycles. The van der Waals surface area contributed by atoms with Gasteiger partial charge in [0.2, 0.25) is 0 Å². The topological polar surface area (TPSA) is 28.7 Å². The summed E-state index contributed by atoms with van der Waals surface area (Å²) in [5.41, 5.74) is 3.50. The highest BCUT2D eigenvalue weighted by Crippen LogP contribution is 2.24. The Bertz CT molecular complexity index is 523. The summed E-state index contributed by atoms with van der Waals surface area (Å²) >= 11 is 0. The van der Waals surface area contributed by atoms with E-state index in [0.29, 0.717) is 5.92 Å². The van der Waals surface area contributed by atoms with Crippen molar-refractivity contribution in [1.29, 1.82) is 0 Å². The second kappa shape index (κ2) is 3.63. The van der Waals surface area contributed by atoms with Crippen LogP contribution in [-0.2, 0) is 6.42 Å². The number of nitrogens with zero attached hydrogens (tertiary/aromatic N) is 1. The quantitative estimate of drug-likeness (QED) is 0.768. The number of imidazole rings is 1. The molecule has 0 spiro atoms. The molecule has 0 fully saturated rings. The fourth-order valence-electron chi connectivity index (χ4n) is 2.09. The van der Waals surface area contributed by atoms with Crippen molar-refractivity contribution < 1.29 is 0 Å². The smallest absolute Gasteiger partial charge is 0.138 e. The Morgan fingerprint density at radius 3 is 2.88 bits per heavy atom. The van der Waals surface area contributed by atoms with E-state index in [4.69, 9.17) is 0 Å². The number of H-pyrrole nitrogens is 1. The predicted octanol–water partition coefficient (Wildman–Crippen LogP) is 3.28. The van der Waals surface area contributed by atoms with Crippen molar-refractivity contribution >= 4 is 6.08 Å². The second-order valence-electron chi connectivity index (χ2n) is 4.36. The number of aromatic amines is 1. The molecule has 3 rings (SSSR count). The minimum atomic E-state index is 0.608. The second-order valence-corrected chi connectivity index (χ2v) is 4.36. The van der Waals surface area contributed by atoms with E-state index in [9.17, 15) is 0 Å². The highest BCUT2D eigenvalue weighted by atomic mass is 14.9. The van der Waals surface area contributed by atoms with Gasteiger partial charge in [0.1, 0.15) is 5.82 Å². The van der Waals surface area contributed by atoms with Crippen LogP contribution in [0, 0.1) is 5.92 Å². The average Bonchev–Trinajstić information content (AvgIpc) is 2.73. The Hall–Kier alpha value is -1.83. The lowest BCUT2D eigenvalue weighted by atomic mass is 9.99. The third-order valence-corrected chi connectivity index (χ3v) is 2.97. The van der Waals surface area contributed by atoms with Crippen LogP contribution < -0.4 is 0 Å². The molecule has 0 saturated heterocycles. The standard InChI is InChI=1S/C14H14N2/c1-10-7-8-12-13(9-10)16-14(15-12)11-5-3-2-4-6-11/h2-8,10H,9H2,1H3,(H,15,16). The van der Waals surface area contributed by atoms with Crippen LogP contribution in [0.4, 0.5) is 0 Å². The zero-order valence-electron chi connectivity index (χ0n) is 9.27. The first-order valence-corrected chi connectivity index (χ1v) is 5.65. The number of rotatable bonds is 1. The average molecular weight is 210 g/mol. The van der Waals surface area contributed by atoms with E-state index in [1.807, 2.05) is 18.2 Å². The zero-order valence-corrected chi connectivity index (χ0v) is 9.27. The number of fused-ring (bicyclic) bond motifs is 1. The molecule has 1 heterocycles. The first-order chi connectivity index (χ1) is 7.83. The third-order valence-electron chi connectivity index (χ3n) is 2.97. The number of allylic oxidation sites excluding steroid dienone is 1. The summed E-state index contributed by atoms with van der Waals surface area (Å²) in [4.78, 5) is 8.03. The van der Waals surface area contributed by atoms with Gasteiger partial charge in [0.25, 0.3) is 0 Å². The Morgan fingerprint density at radius 2 is 2.06 bits per heavy atom. The van der Waals surface area contributed by atoms with Crippen LogP contribution in [-0.4, -0.2) is 9.97 Å². The predicted molar refractivity (Wildman–Crippen MR) is 65.9 cm³/mol. The molecule has 0 aliphatic heterocycles. The molecule has 0 bridgehead atoms. The van der Waals surface area contributed by atoms with Crippen molar-refractivity contribution in [1.82, 2.24) is 9.97 Å². The Morgan fingerprint density at radius 1 is 1.25 bits per heavy atom. The molecule has 2 aromatic rings. The number of aromatic nitrogens is 2. The van der Waals surface area contributed by atoms with Gasteiger partial charge in [0, 0.05) is 11.3 Å². The summed E-state index contributed by atoms with van der Waals surface area (Å²) in [6.07, 6.45) is 5.40. The van der Waals surface area contributed by atoms with Crippen LogP contribution in [0.5, 0.6) is 0 Å². The summed E-state index contributed by atoms with van der Waals surface area (Å²) in [6.45, 7) is 2.22. The van der Waals surface area contributed by atoms with E-state index in [0.717, 1.165) is 23.5 Å². The number of benzene rings is 1. The van der Waals surface area contributed by atoms with Gasteiger partial charge in [-0.15, -0.1) is 0 Å². The van der Waals surface area contributed by atoms with Crippen LogP contribution in [0.15, 0.2) is 36.4 Å². The molecule has 0 saturated carbocycles. The normalized spacial score (nSPS) is 18.4. The molecule has 1 atom stereocenters. The van der Waals surface area contributed by atoms with Gasteiger partial charge in [-0.25, -0.2) is 4.98 Å². The maximum Gasteiger partial charge on any atom is 0.138 e. The molecule has 0 radical (unpaired) electrons. The summed E-state index contributed by atoms with van der Waals surface area (Å²) in [5, 5.41) is 0. The zero-order chi connectivity index (χ0) is 11.0. The highest BCUT2D eigenvalue weighted by molar-refractivity contribution is 5.61. The van der Waals surface area contributed by atoms with Crippen molar-refractivity contribution in [2.45, 2.75) is 13.3 Å². The highest BCUT2D eigenvalue weighted by Gasteiger charge is 2.14. The molecule has 80 valence electrons. The minimum absolute atomic E-state index is 0.608. The molecule has 1 aromatic heterocycles. The van der Waals surface area contributed by atoms with E-state index in [-0.39, 0.29) is 0 Å². The molecule has 1 aliphatic carbocycles. The van der Waals surface area contributed by atoms with Gasteiger partial charge in [-0.3, -0.25) is 0 Å². The largest absolute Gasteiger partial charge is 0.341 e. The van der Waals surface area contributed by atoms with Gasteiger partial charge in [-0.2, -0.15) is 0 Å². The number of hydrogen-bond acceptors (Lipinski definition) is 1. The van der Waals surface area contributed by atoms with Crippen LogP contribution in [0.1, 0.15) is 18.3 Å². The molecule has 1 unspecified atom stereocenters. The van der Waals surface area contributed by atoms with Gasteiger partial charge in [0.05, 0.1) is 5.69 Å². The van der Waals surface area contributed by atoms with Gasteiger partial charge in [-0.05, 0) is 18.4 Å². The molecule has 2 nitrogen and oxygen atoms in total. The maximum atomic E-state index is 4.61. The summed E-state index contributed by atoms with van der Waals surface area (Å²) in [7, 11) is 0. The van der Waals surface area contributed by atoms with Crippen molar-refractivity contribution in [3.63, 3.8) is 0 Å². The molecular formula is C14H14N2. The van der Waals surface area contributed by atoms with Crippen LogP contribution in [0.2, 0.25) is 0 Å². The Kier molecular flexibility index (Phi) is 2.13. The van der Waals surface area contributed by atoms with Gasteiger partial charge in [0.15, 0.2) is 0 Å². The number of hydrogen-bond donors (Lipinski definition) is 1. The van der Waals surface area contributed by atoms with Crippen molar-refractivity contribution in [2.24, 2.45) is 5.92 Å². The van der Waals surface area contributed by atoms with Crippen LogP contribution in [0.25, 0.3) is 17.5 Å². The lowest BCUT2D eigenvalue weighted by molar-refractivity contribution is 0.703. The van der Waals surface area contributed by atoms with E-state index >= 15 is 0 Å². The van der Waals surface area contributed by atoms with E-state index in [1.54, 1.807) is 0 Å². The maximum absolute atomic E-state index is 4.61. The van der Waals surface area contributed by atoms with E-state index in [1.165, 1.54) is 5.69 Å². The van der Waals surface area contributed by atoms with Crippen LogP contribution in [0.3, 0.4) is 0 Å². The molecule has 2 heteroatoms. The van der Waals surface area contributed by atoms with Crippen molar-refractivity contribution in [3.8, 4) is 11.4 Å². The molecular weight excluding hydrogens is 196 g/mol. The molecule has 1 aliphatic rings. The molecule has 0 amide bonds. The lowest BCUT2D eigenvalue weighted by Gasteiger charge is -2.09. The Balaban J connectivity index is 2.03. The first-order valence-electron chi connectivity index (χ1n) is 5.65. The van der Waals surface area contributed by atoms with E-state index < -0.39 is 0 Å². The van der Waals surface area contributed by atoms with E-state index in [2.05, 4.69) is 41.2 Å². The monoisotopic (exact) mass is 210 g/mol. The van der Waals surface area contributed by atoms with Gasteiger partial charge >= 0.3 is 0 Å². The fourth-order valence-corrected chi connectivity index (χ4v) is 2.09. The van der Waals surface area contributed by atoms with Crippen LogP contribution >= 0.6 is 0 Å². The van der Waals surface area contributed by atoms with Gasteiger partial charge in [-0.1, -0.05) is 43.3 Å². The van der Waals surface area contributed by atoms with Crippen molar-refractivity contribution in [3.05, 3.63) is 47.8 Å². The van der Waals surface area contributed by atoms with Crippen molar-refractivity contribution in [2.75, 3.05) is 0 Å². The summed E-state index contributed by atoms with van der Waals surface area (Å²) in [5.74, 6) is 1.58. The summed E-state index contributed by atoms with van der Waals surface area (Å²) < 4.78 is 0. The van der Waals surface area contributed by atoms with Gasteiger partial charge < -0.3 is 4.98 Å². The minimum Gasteiger partial charge on any atom is -0.341 e.